The lowest BCUT2D eigenvalue weighted by Crippen LogP contribution is -2.23. The molecular formula is C12H15N5S. The summed E-state index contributed by atoms with van der Waals surface area (Å²) in [6.07, 6.45) is 2.65. The minimum absolute atomic E-state index is 0.347. The Kier molecular flexibility index (Phi) is 4.25. The SMILES string of the molecule is CCc1nc(CN=C(N)Nc2ccccn2)cs1. The summed E-state index contributed by atoms with van der Waals surface area (Å²) in [5, 5.41) is 6.06. The highest BCUT2D eigenvalue weighted by Gasteiger charge is 2.00. The van der Waals surface area contributed by atoms with Crippen LogP contribution in [-0.2, 0) is 13.0 Å². The number of thiazole rings is 1. The molecule has 0 aliphatic rings. The van der Waals surface area contributed by atoms with Crippen molar-refractivity contribution < 1.29 is 0 Å². The maximum atomic E-state index is 5.77. The topological polar surface area (TPSA) is 76.2 Å². The summed E-state index contributed by atoms with van der Waals surface area (Å²) >= 11 is 1.65. The first-order valence-electron chi connectivity index (χ1n) is 5.69. The number of anilines is 1. The van der Waals surface area contributed by atoms with E-state index in [1.54, 1.807) is 17.5 Å². The normalized spacial score (nSPS) is 11.5. The molecule has 0 spiro atoms. The van der Waals surface area contributed by atoms with Gasteiger partial charge in [-0.25, -0.2) is 15.0 Å². The summed E-state index contributed by atoms with van der Waals surface area (Å²) in [5.41, 5.74) is 6.71. The highest BCUT2D eigenvalue weighted by Crippen LogP contribution is 2.10. The number of nitrogens with one attached hydrogen (secondary N) is 1. The molecule has 0 saturated heterocycles. The van der Waals surface area contributed by atoms with E-state index in [1.165, 1.54) is 0 Å². The third-order valence-corrected chi connectivity index (χ3v) is 3.28. The van der Waals surface area contributed by atoms with Crippen molar-refractivity contribution in [2.45, 2.75) is 19.9 Å². The third-order valence-electron chi connectivity index (χ3n) is 2.23. The molecule has 0 aromatic carbocycles. The first kappa shape index (κ1) is 12.5. The Morgan fingerprint density at radius 1 is 1.50 bits per heavy atom. The van der Waals surface area contributed by atoms with Crippen LogP contribution in [0.3, 0.4) is 0 Å². The van der Waals surface area contributed by atoms with Crippen molar-refractivity contribution in [3.63, 3.8) is 0 Å². The van der Waals surface area contributed by atoms with Gasteiger partial charge < -0.3 is 11.1 Å². The van der Waals surface area contributed by atoms with Gasteiger partial charge in [0.25, 0.3) is 0 Å². The summed E-state index contributed by atoms with van der Waals surface area (Å²) in [4.78, 5) is 12.8. The minimum Gasteiger partial charge on any atom is -0.370 e. The van der Waals surface area contributed by atoms with Crippen LogP contribution in [0.15, 0.2) is 34.8 Å². The van der Waals surface area contributed by atoms with E-state index in [2.05, 4.69) is 27.2 Å². The lowest BCUT2D eigenvalue weighted by atomic mass is 10.4. The van der Waals surface area contributed by atoms with Crippen molar-refractivity contribution in [2.75, 3.05) is 5.32 Å². The molecule has 2 aromatic rings. The molecule has 0 aliphatic heterocycles. The van der Waals surface area contributed by atoms with Crippen LogP contribution in [0, 0.1) is 0 Å². The maximum Gasteiger partial charge on any atom is 0.194 e. The Balaban J connectivity index is 1.93. The number of hydrogen-bond donors (Lipinski definition) is 2. The van der Waals surface area contributed by atoms with Gasteiger partial charge in [0.2, 0.25) is 0 Å². The molecule has 0 radical (unpaired) electrons. The Morgan fingerprint density at radius 3 is 3.06 bits per heavy atom. The number of guanidine groups is 1. The van der Waals surface area contributed by atoms with Gasteiger partial charge in [0.1, 0.15) is 5.82 Å². The van der Waals surface area contributed by atoms with Crippen LogP contribution in [0.5, 0.6) is 0 Å². The lowest BCUT2D eigenvalue weighted by molar-refractivity contribution is 0.969. The van der Waals surface area contributed by atoms with Crippen molar-refractivity contribution in [1.82, 2.24) is 9.97 Å². The molecule has 2 heterocycles. The van der Waals surface area contributed by atoms with Gasteiger partial charge in [-0.1, -0.05) is 13.0 Å². The number of aromatic nitrogens is 2. The zero-order valence-electron chi connectivity index (χ0n) is 10.1. The first-order chi connectivity index (χ1) is 8.78. The van der Waals surface area contributed by atoms with E-state index in [0.717, 1.165) is 17.1 Å². The number of rotatable bonds is 4. The number of nitrogens with two attached hydrogens (primary N) is 1. The third kappa shape index (κ3) is 3.53. The predicted molar refractivity (Wildman–Crippen MR) is 74.7 cm³/mol. The Morgan fingerprint density at radius 2 is 2.39 bits per heavy atom. The molecule has 0 atom stereocenters. The van der Waals surface area contributed by atoms with Gasteiger partial charge in [-0.3, -0.25) is 0 Å². The van der Waals surface area contributed by atoms with Crippen LogP contribution in [0.25, 0.3) is 0 Å². The molecule has 2 aromatic heterocycles. The summed E-state index contributed by atoms with van der Waals surface area (Å²) in [7, 11) is 0. The molecular weight excluding hydrogens is 246 g/mol. The van der Waals surface area contributed by atoms with Gasteiger partial charge in [-0.05, 0) is 18.6 Å². The smallest absolute Gasteiger partial charge is 0.194 e. The zero-order valence-corrected chi connectivity index (χ0v) is 10.9. The maximum absolute atomic E-state index is 5.77. The Hall–Kier alpha value is -1.95. The molecule has 94 valence electrons. The van der Waals surface area contributed by atoms with E-state index in [1.807, 2.05) is 23.6 Å². The molecule has 0 unspecified atom stereocenters. The van der Waals surface area contributed by atoms with Gasteiger partial charge in [-0.2, -0.15) is 0 Å². The number of aliphatic imine (C=N–C) groups is 1. The number of nitrogens with zero attached hydrogens (tertiary/aromatic N) is 3. The second-order valence-corrected chi connectivity index (χ2v) is 4.57. The number of pyridine rings is 1. The van der Waals surface area contributed by atoms with Gasteiger partial charge in [0, 0.05) is 11.6 Å². The van der Waals surface area contributed by atoms with Crippen molar-refractivity contribution in [3.05, 3.63) is 40.5 Å². The summed E-state index contributed by atoms with van der Waals surface area (Å²) in [5.74, 6) is 1.03. The zero-order chi connectivity index (χ0) is 12.8. The van der Waals surface area contributed by atoms with Gasteiger partial charge >= 0.3 is 0 Å². The number of hydrogen-bond acceptors (Lipinski definition) is 4. The van der Waals surface area contributed by atoms with Crippen molar-refractivity contribution in [3.8, 4) is 0 Å². The molecule has 18 heavy (non-hydrogen) atoms. The number of aryl methyl sites for hydroxylation is 1. The molecule has 5 nitrogen and oxygen atoms in total. The van der Waals surface area contributed by atoms with E-state index < -0.39 is 0 Å². The molecule has 0 bridgehead atoms. The van der Waals surface area contributed by atoms with Gasteiger partial charge in [-0.15, -0.1) is 11.3 Å². The van der Waals surface area contributed by atoms with Crippen LogP contribution in [0.1, 0.15) is 17.6 Å². The monoisotopic (exact) mass is 261 g/mol. The summed E-state index contributed by atoms with van der Waals surface area (Å²) in [6, 6.07) is 5.57. The van der Waals surface area contributed by atoms with E-state index in [9.17, 15) is 0 Å². The molecule has 0 saturated carbocycles. The molecule has 3 N–H and O–H groups in total. The Labute approximate surface area is 110 Å². The fourth-order valence-electron chi connectivity index (χ4n) is 1.36. The van der Waals surface area contributed by atoms with Crippen LogP contribution in [0.4, 0.5) is 5.82 Å². The second-order valence-electron chi connectivity index (χ2n) is 3.63. The lowest BCUT2D eigenvalue weighted by Gasteiger charge is -2.03. The molecule has 0 amide bonds. The van der Waals surface area contributed by atoms with E-state index >= 15 is 0 Å². The summed E-state index contributed by atoms with van der Waals surface area (Å²) < 4.78 is 0. The largest absolute Gasteiger partial charge is 0.370 e. The Bertz CT molecular complexity index is 520. The average molecular weight is 261 g/mol. The predicted octanol–water partition coefficient (Wildman–Crippen LogP) is 2.03. The molecule has 6 heteroatoms. The van der Waals surface area contributed by atoms with Crippen LogP contribution < -0.4 is 11.1 Å². The minimum atomic E-state index is 0.347. The van der Waals surface area contributed by atoms with Crippen LogP contribution >= 0.6 is 11.3 Å². The van der Waals surface area contributed by atoms with Crippen molar-refractivity contribution in [1.29, 1.82) is 0 Å². The van der Waals surface area contributed by atoms with E-state index in [-0.39, 0.29) is 0 Å². The van der Waals surface area contributed by atoms with Crippen molar-refractivity contribution in [2.24, 2.45) is 10.7 Å². The first-order valence-corrected chi connectivity index (χ1v) is 6.57. The molecule has 0 fully saturated rings. The molecule has 0 aliphatic carbocycles. The van der Waals surface area contributed by atoms with Gasteiger partial charge in [0.05, 0.1) is 17.2 Å². The fourth-order valence-corrected chi connectivity index (χ4v) is 2.09. The molecule has 2 rings (SSSR count). The standard InChI is InChI=1S/C12H15N5S/c1-2-11-16-9(8-18-11)7-15-12(13)17-10-5-3-4-6-14-10/h3-6,8H,2,7H2,1H3,(H3,13,14,15,17). The highest BCUT2D eigenvalue weighted by molar-refractivity contribution is 7.09. The quantitative estimate of drug-likeness (QED) is 0.652. The van der Waals surface area contributed by atoms with Crippen LogP contribution in [-0.4, -0.2) is 15.9 Å². The van der Waals surface area contributed by atoms with Gasteiger partial charge in [0.15, 0.2) is 5.96 Å². The average Bonchev–Trinajstić information content (AvgIpc) is 2.85. The summed E-state index contributed by atoms with van der Waals surface area (Å²) in [6.45, 7) is 2.57. The van der Waals surface area contributed by atoms with Crippen molar-refractivity contribution >= 4 is 23.1 Å². The van der Waals surface area contributed by atoms with E-state index in [0.29, 0.717) is 18.3 Å². The van der Waals surface area contributed by atoms with Crippen LogP contribution in [0.2, 0.25) is 0 Å². The van der Waals surface area contributed by atoms with E-state index in [4.69, 9.17) is 5.73 Å². The fraction of sp³-hybridized carbons (Fsp3) is 0.250. The second kappa shape index (κ2) is 6.11. The highest BCUT2D eigenvalue weighted by atomic mass is 32.1.